The van der Waals surface area contributed by atoms with Crippen LogP contribution in [0.15, 0.2) is 18.2 Å². The molecule has 0 spiro atoms. The van der Waals surface area contributed by atoms with Crippen molar-refractivity contribution in [3.63, 3.8) is 0 Å². The molecule has 1 aromatic rings. The van der Waals surface area contributed by atoms with E-state index in [1.165, 1.54) is 0 Å². The molecule has 0 aliphatic heterocycles. The molecule has 1 aromatic carbocycles. The molecule has 63 valence electrons. The van der Waals surface area contributed by atoms with Crippen molar-refractivity contribution in [2.24, 2.45) is 0 Å². The molecular formula is C10H11O2. The van der Waals surface area contributed by atoms with E-state index in [1.807, 2.05) is 32.0 Å². The standard InChI is InChI=1S/C10H11O2/c1-7-4-3-5-8(2)9(7)6-10(11)12/h3-5H,6H2,1-2H3. The van der Waals surface area contributed by atoms with Crippen molar-refractivity contribution in [1.82, 2.24) is 0 Å². The number of carbonyl (C=O) groups is 1. The Balaban J connectivity index is 3.04. The Morgan fingerprint density at radius 2 is 1.75 bits per heavy atom. The average molecular weight is 163 g/mol. The summed E-state index contributed by atoms with van der Waals surface area (Å²) < 4.78 is 0. The third-order valence-corrected chi connectivity index (χ3v) is 1.97. The van der Waals surface area contributed by atoms with Crippen LogP contribution >= 0.6 is 0 Å². The molecule has 0 saturated heterocycles. The molecule has 0 amide bonds. The molecular weight excluding hydrogens is 152 g/mol. The van der Waals surface area contributed by atoms with Gasteiger partial charge in [0.15, 0.2) is 0 Å². The highest BCUT2D eigenvalue weighted by atomic mass is 16.4. The van der Waals surface area contributed by atoms with Crippen molar-refractivity contribution >= 4 is 5.97 Å². The summed E-state index contributed by atoms with van der Waals surface area (Å²) in [6.45, 7) is 3.82. The monoisotopic (exact) mass is 163 g/mol. The lowest BCUT2D eigenvalue weighted by atomic mass is 10.0. The van der Waals surface area contributed by atoms with Gasteiger partial charge in [-0.15, -0.1) is 0 Å². The summed E-state index contributed by atoms with van der Waals surface area (Å²) in [4.78, 5) is 10.4. The SMILES string of the molecule is Cc1cccc(C)c1CC([O])=O. The molecule has 0 heterocycles. The highest BCUT2D eigenvalue weighted by Gasteiger charge is 2.07. The summed E-state index contributed by atoms with van der Waals surface area (Å²) in [5, 5.41) is 10.4. The molecule has 0 fully saturated rings. The number of hydrogen-bond acceptors (Lipinski definition) is 1. The Morgan fingerprint density at radius 1 is 1.25 bits per heavy atom. The number of hydrogen-bond donors (Lipinski definition) is 0. The molecule has 0 N–H and O–H groups in total. The minimum atomic E-state index is -1.02. The summed E-state index contributed by atoms with van der Waals surface area (Å²) in [6.07, 6.45) is 0.0124. The third kappa shape index (κ3) is 1.84. The smallest absolute Gasteiger partial charge is 0.247 e. The summed E-state index contributed by atoms with van der Waals surface area (Å²) in [6, 6.07) is 5.74. The van der Waals surface area contributed by atoms with Crippen LogP contribution in [-0.4, -0.2) is 5.97 Å². The second-order valence-corrected chi connectivity index (χ2v) is 2.92. The van der Waals surface area contributed by atoms with Gasteiger partial charge in [-0.2, -0.15) is 0 Å². The van der Waals surface area contributed by atoms with E-state index in [4.69, 9.17) is 0 Å². The maximum atomic E-state index is 10.4. The summed E-state index contributed by atoms with van der Waals surface area (Å²) in [7, 11) is 0. The average Bonchev–Trinajstić information content (AvgIpc) is 1.97. The number of rotatable bonds is 2. The van der Waals surface area contributed by atoms with E-state index in [0.717, 1.165) is 16.7 Å². The van der Waals surface area contributed by atoms with Crippen LogP contribution in [0.25, 0.3) is 0 Å². The molecule has 1 radical (unpaired) electrons. The van der Waals surface area contributed by atoms with E-state index in [9.17, 15) is 9.90 Å². The first-order chi connectivity index (χ1) is 5.61. The van der Waals surface area contributed by atoms with E-state index < -0.39 is 5.97 Å². The lowest BCUT2D eigenvalue weighted by Gasteiger charge is -2.04. The predicted molar refractivity (Wildman–Crippen MR) is 45.3 cm³/mol. The van der Waals surface area contributed by atoms with Gasteiger partial charge >= 0.3 is 5.97 Å². The Morgan fingerprint density at radius 3 is 2.17 bits per heavy atom. The Labute approximate surface area is 71.8 Å². The highest BCUT2D eigenvalue weighted by molar-refractivity contribution is 5.70. The molecule has 0 saturated carbocycles. The van der Waals surface area contributed by atoms with E-state index in [0.29, 0.717) is 0 Å². The van der Waals surface area contributed by atoms with Gasteiger partial charge < -0.3 is 0 Å². The van der Waals surface area contributed by atoms with Gasteiger partial charge in [-0.25, -0.2) is 9.90 Å². The number of carbonyl (C=O) groups excluding carboxylic acids is 1. The molecule has 12 heavy (non-hydrogen) atoms. The van der Waals surface area contributed by atoms with Crippen LogP contribution in [0, 0.1) is 13.8 Å². The fourth-order valence-electron chi connectivity index (χ4n) is 1.27. The Kier molecular flexibility index (Phi) is 2.48. The fraction of sp³-hybridized carbons (Fsp3) is 0.300. The fourth-order valence-corrected chi connectivity index (χ4v) is 1.27. The van der Waals surface area contributed by atoms with E-state index >= 15 is 0 Å². The minimum absolute atomic E-state index is 0.0124. The largest absolute Gasteiger partial charge is 0.359 e. The van der Waals surface area contributed by atoms with Crippen molar-refractivity contribution in [1.29, 1.82) is 0 Å². The van der Waals surface area contributed by atoms with Crippen molar-refractivity contribution in [2.75, 3.05) is 0 Å². The van der Waals surface area contributed by atoms with Crippen molar-refractivity contribution in [3.05, 3.63) is 34.9 Å². The zero-order chi connectivity index (χ0) is 9.14. The van der Waals surface area contributed by atoms with Gasteiger partial charge in [0, 0.05) is 0 Å². The van der Waals surface area contributed by atoms with Crippen LogP contribution in [0.5, 0.6) is 0 Å². The van der Waals surface area contributed by atoms with Crippen molar-refractivity contribution < 1.29 is 9.90 Å². The lowest BCUT2D eigenvalue weighted by molar-refractivity contribution is -0.142. The quantitative estimate of drug-likeness (QED) is 0.655. The van der Waals surface area contributed by atoms with E-state index in [2.05, 4.69) is 0 Å². The molecule has 2 heteroatoms. The van der Waals surface area contributed by atoms with Gasteiger partial charge in [-0.3, -0.25) is 0 Å². The van der Waals surface area contributed by atoms with Gasteiger partial charge in [0.05, 0.1) is 6.42 Å². The molecule has 0 unspecified atom stereocenters. The second kappa shape index (κ2) is 3.39. The first-order valence-corrected chi connectivity index (χ1v) is 3.86. The summed E-state index contributed by atoms with van der Waals surface area (Å²) in [5.41, 5.74) is 2.90. The second-order valence-electron chi connectivity index (χ2n) is 2.92. The maximum Gasteiger partial charge on any atom is 0.359 e. The minimum Gasteiger partial charge on any atom is -0.247 e. The molecule has 0 aromatic heterocycles. The normalized spacial score (nSPS) is 9.83. The van der Waals surface area contributed by atoms with Gasteiger partial charge in [-0.1, -0.05) is 18.2 Å². The first kappa shape index (κ1) is 8.78. The molecule has 1 rings (SSSR count). The van der Waals surface area contributed by atoms with E-state index in [-0.39, 0.29) is 6.42 Å². The lowest BCUT2D eigenvalue weighted by Crippen LogP contribution is -2.02. The van der Waals surface area contributed by atoms with Crippen LogP contribution in [0.4, 0.5) is 0 Å². The van der Waals surface area contributed by atoms with Gasteiger partial charge in [0.2, 0.25) is 0 Å². The van der Waals surface area contributed by atoms with Crippen LogP contribution in [0.2, 0.25) is 0 Å². The predicted octanol–water partition coefficient (Wildman–Crippen LogP) is 1.80. The molecule has 0 aliphatic carbocycles. The topological polar surface area (TPSA) is 37.0 Å². The molecule has 0 aliphatic rings. The zero-order valence-electron chi connectivity index (χ0n) is 7.26. The summed E-state index contributed by atoms with van der Waals surface area (Å²) in [5.74, 6) is -1.02. The first-order valence-electron chi connectivity index (χ1n) is 3.86. The maximum absolute atomic E-state index is 10.4. The van der Waals surface area contributed by atoms with Crippen LogP contribution in [0.1, 0.15) is 16.7 Å². The Hall–Kier alpha value is -1.31. The van der Waals surface area contributed by atoms with Crippen LogP contribution < -0.4 is 0 Å². The van der Waals surface area contributed by atoms with Gasteiger partial charge in [0.1, 0.15) is 0 Å². The van der Waals surface area contributed by atoms with Crippen LogP contribution in [-0.2, 0) is 16.3 Å². The van der Waals surface area contributed by atoms with E-state index in [1.54, 1.807) is 0 Å². The zero-order valence-corrected chi connectivity index (χ0v) is 7.26. The molecule has 2 nitrogen and oxygen atoms in total. The Bertz CT molecular complexity index is 282. The molecule has 0 atom stereocenters. The summed E-state index contributed by atoms with van der Waals surface area (Å²) >= 11 is 0. The third-order valence-electron chi connectivity index (χ3n) is 1.97. The van der Waals surface area contributed by atoms with Crippen molar-refractivity contribution in [3.8, 4) is 0 Å². The highest BCUT2D eigenvalue weighted by Crippen LogP contribution is 2.13. The van der Waals surface area contributed by atoms with Crippen molar-refractivity contribution in [2.45, 2.75) is 20.3 Å². The molecule has 0 bridgehead atoms. The number of benzene rings is 1. The van der Waals surface area contributed by atoms with Gasteiger partial charge in [0.25, 0.3) is 0 Å². The number of aryl methyl sites for hydroxylation is 2. The van der Waals surface area contributed by atoms with Crippen LogP contribution in [0.3, 0.4) is 0 Å². The van der Waals surface area contributed by atoms with Gasteiger partial charge in [-0.05, 0) is 30.5 Å².